The summed E-state index contributed by atoms with van der Waals surface area (Å²) in [6.07, 6.45) is 3.01. The van der Waals surface area contributed by atoms with Crippen LogP contribution >= 0.6 is 23.2 Å². The Labute approximate surface area is 198 Å². The Hall–Kier alpha value is -2.18. The van der Waals surface area contributed by atoms with E-state index in [0.717, 1.165) is 49.4 Å². The van der Waals surface area contributed by atoms with E-state index in [1.54, 1.807) is 12.1 Å². The summed E-state index contributed by atoms with van der Waals surface area (Å²) in [6, 6.07) is 14.0. The Morgan fingerprint density at radius 3 is 2.53 bits per heavy atom. The summed E-state index contributed by atoms with van der Waals surface area (Å²) in [5.74, 6) is 0.757. The second kappa shape index (κ2) is 8.31. The maximum absolute atomic E-state index is 10.1. The van der Waals surface area contributed by atoms with Crippen molar-refractivity contribution in [2.75, 3.05) is 18.0 Å². The Balaban J connectivity index is 1.40. The summed E-state index contributed by atoms with van der Waals surface area (Å²) in [6.45, 7) is 3.44. The van der Waals surface area contributed by atoms with Crippen molar-refractivity contribution in [2.45, 2.75) is 38.8 Å². The fraction of sp³-hybridized carbons (Fsp3) is 0.360. The second-order valence-corrected chi connectivity index (χ2v) is 9.73. The van der Waals surface area contributed by atoms with Crippen molar-refractivity contribution in [3.8, 4) is 11.3 Å². The van der Waals surface area contributed by atoms with E-state index in [0.29, 0.717) is 21.4 Å². The summed E-state index contributed by atoms with van der Waals surface area (Å²) in [5.41, 5.74) is 12.4. The molecule has 32 heavy (non-hydrogen) atoms. The number of aliphatic hydroxyl groups is 1. The monoisotopic (exact) mass is 468 g/mol. The molecule has 3 aromatic rings. The first-order valence-electron chi connectivity index (χ1n) is 10.9. The number of piperidine rings is 1. The van der Waals surface area contributed by atoms with Crippen LogP contribution in [0.15, 0.2) is 42.5 Å². The van der Waals surface area contributed by atoms with Crippen molar-refractivity contribution in [1.29, 1.82) is 0 Å². The van der Waals surface area contributed by atoms with Crippen LogP contribution in [0.4, 0.5) is 5.82 Å². The molecule has 1 aliphatic heterocycles. The zero-order valence-corrected chi connectivity index (χ0v) is 19.5. The summed E-state index contributed by atoms with van der Waals surface area (Å²) < 4.78 is 0. The van der Waals surface area contributed by atoms with Crippen LogP contribution in [0.5, 0.6) is 0 Å². The van der Waals surface area contributed by atoms with Gasteiger partial charge in [0.1, 0.15) is 5.69 Å². The maximum atomic E-state index is 10.1. The van der Waals surface area contributed by atoms with E-state index in [2.05, 4.69) is 29.2 Å². The minimum Gasteiger partial charge on any atom is -0.390 e. The molecular weight excluding hydrogens is 443 g/mol. The molecule has 1 aromatic heterocycles. The van der Waals surface area contributed by atoms with Crippen LogP contribution in [-0.2, 0) is 13.0 Å². The van der Waals surface area contributed by atoms with Crippen LogP contribution in [0.3, 0.4) is 0 Å². The molecule has 1 unspecified atom stereocenters. The molecule has 2 aliphatic rings. The number of aromatic nitrogens is 2. The van der Waals surface area contributed by atoms with Gasteiger partial charge in [0.05, 0.1) is 28.0 Å². The van der Waals surface area contributed by atoms with E-state index >= 15 is 0 Å². The van der Waals surface area contributed by atoms with Gasteiger partial charge in [-0.25, -0.2) is 9.97 Å². The van der Waals surface area contributed by atoms with Crippen molar-refractivity contribution >= 4 is 29.0 Å². The molecule has 7 heteroatoms. The molecule has 3 N–H and O–H groups in total. The van der Waals surface area contributed by atoms with E-state index < -0.39 is 0 Å². The second-order valence-electron chi connectivity index (χ2n) is 8.92. The van der Waals surface area contributed by atoms with Crippen LogP contribution in [0, 0.1) is 12.3 Å². The third-order valence-electron chi connectivity index (χ3n) is 7.12. The van der Waals surface area contributed by atoms with Gasteiger partial charge < -0.3 is 15.7 Å². The predicted octanol–water partition coefficient (Wildman–Crippen LogP) is 5.09. The number of halogens is 2. The normalized spacial score (nSPS) is 19.4. The lowest BCUT2D eigenvalue weighted by atomic mass is 9.73. The molecule has 0 radical (unpaired) electrons. The summed E-state index contributed by atoms with van der Waals surface area (Å²) in [5, 5.41) is 11.0. The third kappa shape index (κ3) is 3.57. The lowest BCUT2D eigenvalue weighted by Crippen LogP contribution is -2.45. The lowest BCUT2D eigenvalue weighted by Gasteiger charge is -2.43. The number of rotatable bonds is 3. The van der Waals surface area contributed by atoms with Crippen LogP contribution in [0.25, 0.3) is 11.3 Å². The van der Waals surface area contributed by atoms with Gasteiger partial charge in [-0.3, -0.25) is 0 Å². The highest BCUT2D eigenvalue weighted by molar-refractivity contribution is 6.42. The molecule has 166 valence electrons. The van der Waals surface area contributed by atoms with Crippen LogP contribution in [0.1, 0.15) is 41.4 Å². The highest BCUT2D eigenvalue weighted by Crippen LogP contribution is 2.51. The Bertz CT molecular complexity index is 1170. The molecule has 1 aliphatic carbocycles. The SMILES string of the molecule is Cc1nc(N2CCC3(CC2)Cc2ccccc2C3N)c(CO)nc1-c1ccc(Cl)c(Cl)c1. The highest BCUT2D eigenvalue weighted by Gasteiger charge is 2.46. The van der Waals surface area contributed by atoms with Gasteiger partial charge in [0, 0.05) is 24.7 Å². The first-order valence-corrected chi connectivity index (χ1v) is 11.7. The zero-order chi connectivity index (χ0) is 22.5. The van der Waals surface area contributed by atoms with Gasteiger partial charge in [0.25, 0.3) is 0 Å². The average Bonchev–Trinajstić information content (AvgIpc) is 3.07. The molecule has 5 rings (SSSR count). The molecule has 1 atom stereocenters. The molecule has 0 saturated carbocycles. The zero-order valence-electron chi connectivity index (χ0n) is 18.0. The summed E-state index contributed by atoms with van der Waals surface area (Å²) in [4.78, 5) is 11.9. The molecule has 2 heterocycles. The third-order valence-corrected chi connectivity index (χ3v) is 7.85. The molecule has 2 aromatic carbocycles. The number of hydrogen-bond acceptors (Lipinski definition) is 5. The van der Waals surface area contributed by atoms with Crippen LogP contribution in [0.2, 0.25) is 10.0 Å². The largest absolute Gasteiger partial charge is 0.390 e. The number of aliphatic hydroxyl groups excluding tert-OH is 1. The average molecular weight is 469 g/mol. The van der Waals surface area contributed by atoms with Gasteiger partial charge in [0.2, 0.25) is 0 Å². The van der Waals surface area contributed by atoms with Gasteiger partial charge in [-0.15, -0.1) is 0 Å². The molecule has 1 fully saturated rings. The molecule has 1 saturated heterocycles. The number of anilines is 1. The van der Waals surface area contributed by atoms with E-state index in [1.807, 2.05) is 13.0 Å². The van der Waals surface area contributed by atoms with Crippen LogP contribution in [-0.4, -0.2) is 28.2 Å². The quantitative estimate of drug-likeness (QED) is 0.559. The first-order chi connectivity index (χ1) is 15.4. The first kappa shape index (κ1) is 21.7. The van der Waals surface area contributed by atoms with Crippen molar-refractivity contribution in [1.82, 2.24) is 9.97 Å². The van der Waals surface area contributed by atoms with Gasteiger partial charge >= 0.3 is 0 Å². The standard InChI is InChI=1S/C25H26Cl2N4O/c1-15-22(16-6-7-19(26)20(27)12-16)30-21(14-32)24(29-15)31-10-8-25(9-11-31)13-17-4-2-3-5-18(17)23(25)28/h2-7,12,23,32H,8-11,13-14,28H2,1H3. The number of nitrogens with two attached hydrogens (primary N) is 1. The number of benzene rings is 2. The fourth-order valence-electron chi connectivity index (χ4n) is 5.29. The molecule has 1 spiro atoms. The summed E-state index contributed by atoms with van der Waals surface area (Å²) >= 11 is 12.3. The molecular formula is C25H26Cl2N4O. The minimum atomic E-state index is -0.177. The predicted molar refractivity (Wildman–Crippen MR) is 129 cm³/mol. The smallest absolute Gasteiger partial charge is 0.153 e. The van der Waals surface area contributed by atoms with E-state index in [1.165, 1.54) is 11.1 Å². The fourth-order valence-corrected chi connectivity index (χ4v) is 5.59. The minimum absolute atomic E-state index is 0.0722. The Morgan fingerprint density at radius 2 is 1.84 bits per heavy atom. The molecule has 0 amide bonds. The van der Waals surface area contributed by atoms with Gasteiger partial charge in [-0.2, -0.15) is 0 Å². The van der Waals surface area contributed by atoms with Crippen molar-refractivity contribution in [3.63, 3.8) is 0 Å². The topological polar surface area (TPSA) is 75.3 Å². The molecule has 0 bridgehead atoms. The van der Waals surface area contributed by atoms with Gasteiger partial charge in [0.15, 0.2) is 5.82 Å². The van der Waals surface area contributed by atoms with Gasteiger partial charge in [-0.05, 0) is 54.9 Å². The van der Waals surface area contributed by atoms with Crippen LogP contribution < -0.4 is 10.6 Å². The number of nitrogens with zero attached hydrogens (tertiary/aromatic N) is 3. The number of aryl methyl sites for hydroxylation is 1. The summed E-state index contributed by atoms with van der Waals surface area (Å²) in [7, 11) is 0. The number of hydrogen-bond donors (Lipinski definition) is 2. The highest BCUT2D eigenvalue weighted by atomic mass is 35.5. The van der Waals surface area contributed by atoms with Crippen molar-refractivity contribution in [2.24, 2.45) is 11.1 Å². The maximum Gasteiger partial charge on any atom is 0.153 e. The molecule has 5 nitrogen and oxygen atoms in total. The lowest BCUT2D eigenvalue weighted by molar-refractivity contribution is 0.186. The Morgan fingerprint density at radius 1 is 1.09 bits per heavy atom. The van der Waals surface area contributed by atoms with E-state index in [9.17, 15) is 5.11 Å². The van der Waals surface area contributed by atoms with Crippen molar-refractivity contribution in [3.05, 3.63) is 75.0 Å². The Kier molecular flexibility index (Phi) is 5.62. The van der Waals surface area contributed by atoms with Gasteiger partial charge in [-0.1, -0.05) is 53.5 Å². The van der Waals surface area contributed by atoms with E-state index in [-0.39, 0.29) is 18.1 Å². The number of fused-ring (bicyclic) bond motifs is 1. The van der Waals surface area contributed by atoms with E-state index in [4.69, 9.17) is 38.9 Å². The van der Waals surface area contributed by atoms with Crippen molar-refractivity contribution < 1.29 is 5.11 Å².